The second-order valence-corrected chi connectivity index (χ2v) is 7.26. The van der Waals surface area contributed by atoms with Crippen LogP contribution in [0.4, 0.5) is 0 Å². The lowest BCUT2D eigenvalue weighted by Gasteiger charge is -2.26. The normalized spacial score (nSPS) is 22.7. The SMILES string of the molecule is CCc1nn(CC)c(CNCCC2CCC(C)CC2)c1Br. The van der Waals surface area contributed by atoms with E-state index in [1.54, 1.807) is 0 Å². The van der Waals surface area contributed by atoms with Gasteiger partial charge in [0, 0.05) is 13.1 Å². The fourth-order valence-corrected chi connectivity index (χ4v) is 4.02. The van der Waals surface area contributed by atoms with Gasteiger partial charge in [0.2, 0.25) is 0 Å². The van der Waals surface area contributed by atoms with Crippen LogP contribution < -0.4 is 5.32 Å². The third-order valence-electron chi connectivity index (χ3n) is 4.85. The highest BCUT2D eigenvalue weighted by molar-refractivity contribution is 9.10. The Hall–Kier alpha value is -0.350. The monoisotopic (exact) mass is 355 g/mol. The van der Waals surface area contributed by atoms with Gasteiger partial charge in [0.25, 0.3) is 0 Å². The minimum atomic E-state index is 0.921. The molecule has 1 heterocycles. The topological polar surface area (TPSA) is 29.9 Å². The highest BCUT2D eigenvalue weighted by Gasteiger charge is 2.18. The van der Waals surface area contributed by atoms with E-state index in [0.29, 0.717) is 0 Å². The molecule has 0 aromatic carbocycles. The predicted octanol–water partition coefficient (Wildman–Crippen LogP) is 4.53. The first-order valence-electron chi connectivity index (χ1n) is 8.60. The van der Waals surface area contributed by atoms with Crippen molar-refractivity contribution in [1.82, 2.24) is 15.1 Å². The zero-order chi connectivity index (χ0) is 15.2. The number of nitrogens with one attached hydrogen (secondary N) is 1. The van der Waals surface area contributed by atoms with Crippen molar-refractivity contribution in [2.45, 2.75) is 72.4 Å². The van der Waals surface area contributed by atoms with Crippen molar-refractivity contribution >= 4 is 15.9 Å². The molecule has 120 valence electrons. The van der Waals surface area contributed by atoms with Gasteiger partial charge in [0.05, 0.1) is 15.9 Å². The minimum absolute atomic E-state index is 0.921. The summed E-state index contributed by atoms with van der Waals surface area (Å²) in [6.45, 7) is 9.70. The first-order valence-corrected chi connectivity index (χ1v) is 9.39. The van der Waals surface area contributed by atoms with Crippen LogP contribution >= 0.6 is 15.9 Å². The van der Waals surface area contributed by atoms with Crippen LogP contribution in [0.3, 0.4) is 0 Å². The number of nitrogens with zero attached hydrogens (tertiary/aromatic N) is 2. The van der Waals surface area contributed by atoms with Gasteiger partial charge in [-0.25, -0.2) is 0 Å². The maximum Gasteiger partial charge on any atom is 0.0767 e. The van der Waals surface area contributed by atoms with E-state index in [-0.39, 0.29) is 0 Å². The summed E-state index contributed by atoms with van der Waals surface area (Å²) in [5.41, 5.74) is 2.47. The van der Waals surface area contributed by atoms with E-state index in [1.807, 2.05) is 0 Å². The fourth-order valence-electron chi connectivity index (χ4n) is 3.32. The lowest BCUT2D eigenvalue weighted by Crippen LogP contribution is -2.22. The molecule has 0 bridgehead atoms. The van der Waals surface area contributed by atoms with Crippen molar-refractivity contribution in [3.8, 4) is 0 Å². The van der Waals surface area contributed by atoms with Gasteiger partial charge in [0.15, 0.2) is 0 Å². The minimum Gasteiger partial charge on any atom is -0.311 e. The van der Waals surface area contributed by atoms with Gasteiger partial charge >= 0.3 is 0 Å². The molecule has 0 amide bonds. The molecule has 4 heteroatoms. The van der Waals surface area contributed by atoms with E-state index in [0.717, 1.165) is 37.9 Å². The Labute approximate surface area is 138 Å². The summed E-state index contributed by atoms with van der Waals surface area (Å²) < 4.78 is 3.32. The Morgan fingerprint density at radius 3 is 2.57 bits per heavy atom. The molecule has 1 aliphatic carbocycles. The molecule has 1 N–H and O–H groups in total. The summed E-state index contributed by atoms with van der Waals surface area (Å²) in [7, 11) is 0. The van der Waals surface area contributed by atoms with Crippen molar-refractivity contribution in [2.24, 2.45) is 11.8 Å². The van der Waals surface area contributed by atoms with Crippen molar-refractivity contribution in [1.29, 1.82) is 0 Å². The Balaban J connectivity index is 1.77. The lowest BCUT2D eigenvalue weighted by atomic mass is 9.81. The maximum atomic E-state index is 4.65. The van der Waals surface area contributed by atoms with Gasteiger partial charge in [-0.2, -0.15) is 5.10 Å². The number of hydrogen-bond acceptors (Lipinski definition) is 2. The summed E-state index contributed by atoms with van der Waals surface area (Å²) in [5, 5.41) is 8.28. The molecule has 1 aromatic heterocycles. The summed E-state index contributed by atoms with van der Waals surface area (Å²) in [6.07, 6.45) is 8.03. The molecule has 0 unspecified atom stereocenters. The molecule has 0 aliphatic heterocycles. The number of aryl methyl sites for hydroxylation is 2. The molecule has 1 saturated carbocycles. The number of aromatic nitrogens is 2. The summed E-state index contributed by atoms with van der Waals surface area (Å²) >= 11 is 3.72. The molecule has 0 atom stereocenters. The highest BCUT2D eigenvalue weighted by Crippen LogP contribution is 2.30. The van der Waals surface area contributed by atoms with Crippen LogP contribution in [-0.2, 0) is 19.5 Å². The molecule has 2 rings (SSSR count). The van der Waals surface area contributed by atoms with Crippen molar-refractivity contribution in [3.63, 3.8) is 0 Å². The first-order chi connectivity index (χ1) is 10.2. The van der Waals surface area contributed by atoms with Crippen LogP contribution in [0.25, 0.3) is 0 Å². The fraction of sp³-hybridized carbons (Fsp3) is 0.824. The molecular weight excluding hydrogens is 326 g/mol. The van der Waals surface area contributed by atoms with Gasteiger partial charge in [-0.15, -0.1) is 0 Å². The molecule has 0 radical (unpaired) electrons. The van der Waals surface area contributed by atoms with Crippen LogP contribution in [0.2, 0.25) is 0 Å². The van der Waals surface area contributed by atoms with Gasteiger partial charge < -0.3 is 5.32 Å². The Morgan fingerprint density at radius 1 is 1.24 bits per heavy atom. The van der Waals surface area contributed by atoms with Crippen LogP contribution in [0.15, 0.2) is 4.47 Å². The standard InChI is InChI=1S/C17H30BrN3/c1-4-15-17(18)16(21(5-2)20-15)12-19-11-10-14-8-6-13(3)7-9-14/h13-14,19H,4-12H2,1-3H3. The zero-order valence-electron chi connectivity index (χ0n) is 13.8. The van der Waals surface area contributed by atoms with E-state index in [9.17, 15) is 0 Å². The van der Waals surface area contributed by atoms with Gasteiger partial charge in [-0.3, -0.25) is 4.68 Å². The first kappa shape index (κ1) is 17.0. The largest absolute Gasteiger partial charge is 0.311 e. The van der Waals surface area contributed by atoms with E-state index < -0.39 is 0 Å². The van der Waals surface area contributed by atoms with Gasteiger partial charge in [-0.1, -0.05) is 39.5 Å². The average molecular weight is 356 g/mol. The van der Waals surface area contributed by atoms with Crippen LogP contribution in [0.1, 0.15) is 64.3 Å². The van der Waals surface area contributed by atoms with Crippen LogP contribution in [0, 0.1) is 11.8 Å². The molecular formula is C17H30BrN3. The van der Waals surface area contributed by atoms with Gasteiger partial charge in [0.1, 0.15) is 0 Å². The molecule has 0 saturated heterocycles. The van der Waals surface area contributed by atoms with Crippen LogP contribution in [-0.4, -0.2) is 16.3 Å². The second kappa shape index (κ2) is 8.33. The Kier molecular flexibility index (Phi) is 6.74. The van der Waals surface area contributed by atoms with E-state index in [2.05, 4.69) is 51.8 Å². The number of halogens is 1. The second-order valence-electron chi connectivity index (χ2n) is 6.47. The molecule has 3 nitrogen and oxygen atoms in total. The third kappa shape index (κ3) is 4.56. The zero-order valence-corrected chi connectivity index (χ0v) is 15.4. The maximum absolute atomic E-state index is 4.65. The Morgan fingerprint density at radius 2 is 1.95 bits per heavy atom. The number of rotatable bonds is 7. The molecule has 21 heavy (non-hydrogen) atoms. The van der Waals surface area contributed by atoms with E-state index in [1.165, 1.54) is 48.0 Å². The Bertz CT molecular complexity index is 433. The molecule has 1 aliphatic rings. The van der Waals surface area contributed by atoms with Crippen molar-refractivity contribution in [3.05, 3.63) is 15.9 Å². The van der Waals surface area contributed by atoms with E-state index >= 15 is 0 Å². The number of hydrogen-bond donors (Lipinski definition) is 1. The third-order valence-corrected chi connectivity index (χ3v) is 5.77. The quantitative estimate of drug-likeness (QED) is 0.727. The molecule has 1 aromatic rings. The smallest absolute Gasteiger partial charge is 0.0767 e. The summed E-state index contributed by atoms with van der Waals surface area (Å²) in [4.78, 5) is 0. The van der Waals surface area contributed by atoms with E-state index in [4.69, 9.17) is 0 Å². The highest BCUT2D eigenvalue weighted by atomic mass is 79.9. The average Bonchev–Trinajstić information content (AvgIpc) is 2.81. The van der Waals surface area contributed by atoms with Crippen molar-refractivity contribution in [2.75, 3.05) is 6.54 Å². The summed E-state index contributed by atoms with van der Waals surface area (Å²) in [6, 6.07) is 0. The van der Waals surface area contributed by atoms with Crippen molar-refractivity contribution < 1.29 is 0 Å². The summed E-state index contributed by atoms with van der Waals surface area (Å²) in [5.74, 6) is 1.90. The lowest BCUT2D eigenvalue weighted by molar-refractivity contribution is 0.275. The molecule has 0 spiro atoms. The van der Waals surface area contributed by atoms with Gasteiger partial charge in [-0.05, 0) is 54.1 Å². The van der Waals surface area contributed by atoms with Crippen LogP contribution in [0.5, 0.6) is 0 Å². The molecule has 1 fully saturated rings. The predicted molar refractivity (Wildman–Crippen MR) is 92.4 cm³/mol.